The van der Waals surface area contributed by atoms with Gasteiger partial charge < -0.3 is 20.5 Å². The van der Waals surface area contributed by atoms with Gasteiger partial charge in [-0.3, -0.25) is 4.79 Å². The maximum absolute atomic E-state index is 11.8. The number of nitrogens with one attached hydrogen (secondary N) is 1. The van der Waals surface area contributed by atoms with E-state index < -0.39 is 0 Å². The molecule has 0 fully saturated rings. The van der Waals surface area contributed by atoms with Gasteiger partial charge in [0, 0.05) is 18.7 Å². The number of hydrogen-bond acceptors (Lipinski definition) is 4. The van der Waals surface area contributed by atoms with Crippen LogP contribution >= 0.6 is 0 Å². The molecular formula is C15H24N2O3. The third-order valence-corrected chi connectivity index (χ3v) is 3.13. The second-order valence-corrected chi connectivity index (χ2v) is 4.59. The molecule has 0 radical (unpaired) electrons. The standard InChI is InChI=1S/C15H24N2O3/c1-4-12(5-2)17-15(18)10-20-14-7-11(9-16)6-13(8-14)19-3/h6-8,12H,4-5,9-10,16H2,1-3H3,(H,17,18). The van der Waals surface area contributed by atoms with Crippen LogP contribution in [0, 0.1) is 0 Å². The summed E-state index contributed by atoms with van der Waals surface area (Å²) in [5.74, 6) is 1.14. The van der Waals surface area contributed by atoms with E-state index in [4.69, 9.17) is 15.2 Å². The number of nitrogens with two attached hydrogens (primary N) is 1. The Hall–Kier alpha value is -1.75. The summed E-state index contributed by atoms with van der Waals surface area (Å²) in [5.41, 5.74) is 6.51. The van der Waals surface area contributed by atoms with Crippen LogP contribution in [0.25, 0.3) is 0 Å². The van der Waals surface area contributed by atoms with Gasteiger partial charge in [0.15, 0.2) is 6.61 Å². The van der Waals surface area contributed by atoms with Crippen LogP contribution in [0.4, 0.5) is 0 Å². The third kappa shape index (κ3) is 5.09. The molecule has 0 saturated carbocycles. The zero-order valence-electron chi connectivity index (χ0n) is 12.4. The van der Waals surface area contributed by atoms with Crippen LogP contribution in [-0.4, -0.2) is 25.7 Å². The molecule has 20 heavy (non-hydrogen) atoms. The summed E-state index contributed by atoms with van der Waals surface area (Å²) >= 11 is 0. The first-order valence-electron chi connectivity index (χ1n) is 6.93. The number of carbonyl (C=O) groups is 1. The molecule has 0 unspecified atom stereocenters. The van der Waals surface area contributed by atoms with Crippen LogP contribution in [-0.2, 0) is 11.3 Å². The summed E-state index contributed by atoms with van der Waals surface area (Å²) in [6, 6.07) is 5.60. The van der Waals surface area contributed by atoms with Gasteiger partial charge >= 0.3 is 0 Å². The predicted molar refractivity (Wildman–Crippen MR) is 78.9 cm³/mol. The lowest BCUT2D eigenvalue weighted by molar-refractivity contribution is -0.123. The van der Waals surface area contributed by atoms with Crippen LogP contribution in [0.3, 0.4) is 0 Å². The van der Waals surface area contributed by atoms with Crippen molar-refractivity contribution in [3.63, 3.8) is 0 Å². The summed E-state index contributed by atoms with van der Waals surface area (Å²) in [7, 11) is 1.58. The quantitative estimate of drug-likeness (QED) is 0.762. The molecule has 5 nitrogen and oxygen atoms in total. The third-order valence-electron chi connectivity index (χ3n) is 3.13. The van der Waals surface area contributed by atoms with E-state index in [-0.39, 0.29) is 18.6 Å². The maximum atomic E-state index is 11.8. The smallest absolute Gasteiger partial charge is 0.258 e. The Kier molecular flexibility index (Phi) is 6.87. The Bertz CT molecular complexity index is 409. The normalized spacial score (nSPS) is 10.4. The monoisotopic (exact) mass is 280 g/mol. The molecule has 5 heteroatoms. The molecule has 0 aliphatic carbocycles. The molecular weight excluding hydrogens is 256 g/mol. The lowest BCUT2D eigenvalue weighted by atomic mass is 10.2. The molecule has 0 bridgehead atoms. The van der Waals surface area contributed by atoms with Crippen LogP contribution in [0.2, 0.25) is 0 Å². The van der Waals surface area contributed by atoms with E-state index in [0.29, 0.717) is 18.0 Å². The van der Waals surface area contributed by atoms with Crippen molar-refractivity contribution >= 4 is 5.91 Å². The molecule has 0 atom stereocenters. The Morgan fingerprint density at radius 3 is 2.45 bits per heavy atom. The fourth-order valence-electron chi connectivity index (χ4n) is 1.86. The van der Waals surface area contributed by atoms with Crippen LogP contribution in [0.15, 0.2) is 18.2 Å². The Balaban J connectivity index is 2.58. The highest BCUT2D eigenvalue weighted by atomic mass is 16.5. The topological polar surface area (TPSA) is 73.6 Å². The van der Waals surface area contributed by atoms with Crippen molar-refractivity contribution < 1.29 is 14.3 Å². The molecule has 3 N–H and O–H groups in total. The maximum Gasteiger partial charge on any atom is 0.258 e. The summed E-state index contributed by atoms with van der Waals surface area (Å²) in [5, 5.41) is 2.92. The van der Waals surface area contributed by atoms with Crippen molar-refractivity contribution in [1.82, 2.24) is 5.32 Å². The minimum Gasteiger partial charge on any atom is -0.497 e. The van der Waals surface area contributed by atoms with Gasteiger partial charge in [-0.25, -0.2) is 0 Å². The summed E-state index contributed by atoms with van der Waals surface area (Å²) in [6.45, 7) is 4.48. The molecule has 0 heterocycles. The highest BCUT2D eigenvalue weighted by Gasteiger charge is 2.09. The summed E-state index contributed by atoms with van der Waals surface area (Å²) < 4.78 is 10.7. The number of rotatable bonds is 8. The first-order valence-corrected chi connectivity index (χ1v) is 6.93. The molecule has 1 aromatic rings. The average molecular weight is 280 g/mol. The van der Waals surface area contributed by atoms with Crippen LogP contribution in [0.5, 0.6) is 11.5 Å². The van der Waals surface area contributed by atoms with Gasteiger partial charge in [-0.2, -0.15) is 0 Å². The largest absolute Gasteiger partial charge is 0.497 e. The van der Waals surface area contributed by atoms with Crippen molar-refractivity contribution in [3.8, 4) is 11.5 Å². The van der Waals surface area contributed by atoms with Gasteiger partial charge in [-0.1, -0.05) is 13.8 Å². The number of hydrogen-bond donors (Lipinski definition) is 2. The first kappa shape index (κ1) is 16.3. The fourth-order valence-corrected chi connectivity index (χ4v) is 1.86. The average Bonchev–Trinajstić information content (AvgIpc) is 2.50. The van der Waals surface area contributed by atoms with E-state index >= 15 is 0 Å². The van der Waals surface area contributed by atoms with Crippen molar-refractivity contribution in [3.05, 3.63) is 23.8 Å². The number of carbonyl (C=O) groups excluding carboxylic acids is 1. The Labute approximate surface area is 120 Å². The van der Waals surface area contributed by atoms with Gasteiger partial charge in [0.05, 0.1) is 7.11 Å². The SMILES string of the molecule is CCC(CC)NC(=O)COc1cc(CN)cc(OC)c1. The van der Waals surface area contributed by atoms with E-state index in [1.807, 2.05) is 26.0 Å². The number of methoxy groups -OCH3 is 1. The fraction of sp³-hybridized carbons (Fsp3) is 0.533. The number of amides is 1. The van der Waals surface area contributed by atoms with Crippen molar-refractivity contribution in [1.29, 1.82) is 0 Å². The minimum atomic E-state index is -0.115. The zero-order valence-corrected chi connectivity index (χ0v) is 12.4. The van der Waals surface area contributed by atoms with Gasteiger partial charge in [0.2, 0.25) is 0 Å². The number of ether oxygens (including phenoxy) is 2. The molecule has 1 aromatic carbocycles. The van der Waals surface area contributed by atoms with Gasteiger partial charge in [0.1, 0.15) is 11.5 Å². The second-order valence-electron chi connectivity index (χ2n) is 4.59. The van der Waals surface area contributed by atoms with Gasteiger partial charge in [-0.15, -0.1) is 0 Å². The zero-order chi connectivity index (χ0) is 15.0. The second kappa shape index (κ2) is 8.43. The lowest BCUT2D eigenvalue weighted by Gasteiger charge is -2.15. The van der Waals surface area contributed by atoms with E-state index in [1.165, 1.54) is 0 Å². The number of benzene rings is 1. The van der Waals surface area contributed by atoms with Crippen molar-refractivity contribution in [2.75, 3.05) is 13.7 Å². The molecule has 0 aliphatic rings. The van der Waals surface area contributed by atoms with Crippen molar-refractivity contribution in [2.24, 2.45) is 5.73 Å². The molecule has 1 amide bonds. The minimum absolute atomic E-state index is 0.00627. The molecule has 1 rings (SSSR count). The lowest BCUT2D eigenvalue weighted by Crippen LogP contribution is -2.37. The van der Waals surface area contributed by atoms with Crippen molar-refractivity contribution in [2.45, 2.75) is 39.3 Å². The summed E-state index contributed by atoms with van der Waals surface area (Å²) in [6.07, 6.45) is 1.83. The van der Waals surface area contributed by atoms with Gasteiger partial charge in [0.25, 0.3) is 5.91 Å². The highest BCUT2D eigenvalue weighted by Crippen LogP contribution is 2.22. The van der Waals surface area contributed by atoms with Crippen LogP contribution < -0.4 is 20.5 Å². The molecule has 0 aliphatic heterocycles. The van der Waals surface area contributed by atoms with E-state index in [2.05, 4.69) is 5.32 Å². The van der Waals surface area contributed by atoms with E-state index in [9.17, 15) is 4.79 Å². The predicted octanol–water partition coefficient (Wildman–Crippen LogP) is 1.84. The first-order chi connectivity index (χ1) is 9.62. The van der Waals surface area contributed by atoms with E-state index in [1.54, 1.807) is 13.2 Å². The Morgan fingerprint density at radius 2 is 1.90 bits per heavy atom. The molecule has 0 spiro atoms. The molecule has 0 saturated heterocycles. The van der Waals surface area contributed by atoms with Gasteiger partial charge in [-0.05, 0) is 30.5 Å². The van der Waals surface area contributed by atoms with E-state index in [0.717, 1.165) is 18.4 Å². The summed E-state index contributed by atoms with van der Waals surface area (Å²) in [4.78, 5) is 11.8. The highest BCUT2D eigenvalue weighted by molar-refractivity contribution is 5.77. The Morgan fingerprint density at radius 1 is 1.25 bits per heavy atom. The molecule has 0 aromatic heterocycles. The van der Waals surface area contributed by atoms with Crippen LogP contribution in [0.1, 0.15) is 32.3 Å². The molecule has 112 valence electrons.